The Balaban J connectivity index is 2.30. The summed E-state index contributed by atoms with van der Waals surface area (Å²) in [5, 5.41) is -0.211. The Kier molecular flexibility index (Phi) is 6.85. The zero-order valence-electron chi connectivity index (χ0n) is 16.0. The number of amides is 1. The molecule has 0 atom stereocenters. The monoisotopic (exact) mass is 448 g/mol. The smallest absolute Gasteiger partial charge is 0.340 e. The molecule has 0 heterocycles. The molecule has 2 rings (SSSR count). The van der Waals surface area contributed by atoms with Crippen molar-refractivity contribution >= 4 is 33.2 Å². The standard InChI is InChI=1S/C19H20ClF3N2O3S/c1-13-4-6-14(7-5-13)11-24(2)18(26)12-25(29(3,27)28)17-10-15(19(21,22)23)8-9-16(17)20/h4-10H,11-12H2,1-3H3. The minimum atomic E-state index is -4.69. The largest absolute Gasteiger partial charge is 0.416 e. The number of anilines is 1. The molecule has 0 aliphatic heterocycles. The van der Waals surface area contributed by atoms with Crippen LogP contribution < -0.4 is 4.31 Å². The fraction of sp³-hybridized carbons (Fsp3) is 0.316. The Morgan fingerprint density at radius 2 is 1.69 bits per heavy atom. The molecule has 0 bridgehead atoms. The summed E-state index contributed by atoms with van der Waals surface area (Å²) in [7, 11) is -2.59. The number of benzene rings is 2. The van der Waals surface area contributed by atoms with Crippen LogP contribution >= 0.6 is 11.6 Å². The molecule has 0 fully saturated rings. The third kappa shape index (κ3) is 6.11. The minimum absolute atomic E-state index is 0.211. The molecule has 2 aromatic rings. The minimum Gasteiger partial charge on any atom is -0.340 e. The highest BCUT2D eigenvalue weighted by atomic mass is 35.5. The van der Waals surface area contributed by atoms with Gasteiger partial charge in [-0.3, -0.25) is 9.10 Å². The number of nitrogens with zero attached hydrogens (tertiary/aromatic N) is 2. The van der Waals surface area contributed by atoms with Crippen LogP contribution in [0.4, 0.5) is 18.9 Å². The van der Waals surface area contributed by atoms with E-state index in [4.69, 9.17) is 11.6 Å². The van der Waals surface area contributed by atoms with E-state index in [2.05, 4.69) is 0 Å². The lowest BCUT2D eigenvalue weighted by Crippen LogP contribution is -2.41. The molecule has 10 heteroatoms. The molecule has 29 heavy (non-hydrogen) atoms. The maximum atomic E-state index is 13.0. The van der Waals surface area contributed by atoms with Crippen molar-refractivity contribution in [2.45, 2.75) is 19.6 Å². The highest BCUT2D eigenvalue weighted by molar-refractivity contribution is 7.92. The summed E-state index contributed by atoms with van der Waals surface area (Å²) in [6.07, 6.45) is -3.88. The zero-order chi connectivity index (χ0) is 22.0. The number of halogens is 4. The number of sulfonamides is 1. The molecule has 0 N–H and O–H groups in total. The molecule has 1 amide bonds. The second kappa shape index (κ2) is 8.62. The van der Waals surface area contributed by atoms with E-state index in [1.807, 2.05) is 31.2 Å². The predicted molar refractivity (Wildman–Crippen MR) is 106 cm³/mol. The Bertz CT molecular complexity index is 993. The van der Waals surface area contributed by atoms with E-state index in [1.165, 1.54) is 11.9 Å². The van der Waals surface area contributed by atoms with Gasteiger partial charge in [0.1, 0.15) is 6.54 Å². The molecule has 0 spiro atoms. The number of carbonyl (C=O) groups is 1. The van der Waals surface area contributed by atoms with Crippen molar-refractivity contribution in [2.24, 2.45) is 0 Å². The molecule has 2 aromatic carbocycles. The lowest BCUT2D eigenvalue weighted by atomic mass is 10.1. The second-order valence-electron chi connectivity index (χ2n) is 6.67. The van der Waals surface area contributed by atoms with Crippen molar-refractivity contribution in [1.82, 2.24) is 4.90 Å². The first-order chi connectivity index (χ1) is 13.3. The van der Waals surface area contributed by atoms with Crippen LogP contribution in [0.3, 0.4) is 0 Å². The van der Waals surface area contributed by atoms with Gasteiger partial charge in [0.25, 0.3) is 0 Å². The average Bonchev–Trinajstić information content (AvgIpc) is 2.60. The highest BCUT2D eigenvalue weighted by Gasteiger charge is 2.33. The number of rotatable bonds is 6. The molecule has 0 aromatic heterocycles. The van der Waals surface area contributed by atoms with Crippen molar-refractivity contribution in [1.29, 1.82) is 0 Å². The van der Waals surface area contributed by atoms with Gasteiger partial charge in [0.2, 0.25) is 15.9 Å². The summed E-state index contributed by atoms with van der Waals surface area (Å²) < 4.78 is 64.1. The van der Waals surface area contributed by atoms with E-state index in [0.717, 1.165) is 29.5 Å². The van der Waals surface area contributed by atoms with Gasteiger partial charge in [0.15, 0.2) is 0 Å². The van der Waals surface area contributed by atoms with E-state index in [0.29, 0.717) is 10.4 Å². The fourth-order valence-corrected chi connectivity index (χ4v) is 3.68. The SMILES string of the molecule is Cc1ccc(CN(C)C(=O)CN(c2cc(C(F)(F)F)ccc2Cl)S(C)(=O)=O)cc1. The first kappa shape index (κ1) is 23.0. The highest BCUT2D eigenvalue weighted by Crippen LogP contribution is 2.36. The summed E-state index contributed by atoms with van der Waals surface area (Å²) in [4.78, 5) is 13.9. The van der Waals surface area contributed by atoms with Crippen LogP contribution in [0.5, 0.6) is 0 Å². The molecule has 0 aliphatic carbocycles. The fourth-order valence-electron chi connectivity index (χ4n) is 2.56. The van der Waals surface area contributed by atoms with Gasteiger partial charge in [0.05, 0.1) is 22.5 Å². The molecule has 158 valence electrons. The zero-order valence-corrected chi connectivity index (χ0v) is 17.6. The lowest BCUT2D eigenvalue weighted by molar-refractivity contribution is -0.137. The summed E-state index contributed by atoms with van der Waals surface area (Å²) in [6, 6.07) is 9.73. The van der Waals surface area contributed by atoms with Crippen LogP contribution in [-0.4, -0.2) is 39.1 Å². The van der Waals surface area contributed by atoms with Gasteiger partial charge in [-0.25, -0.2) is 8.42 Å². The molecule has 0 unspecified atom stereocenters. The molecular weight excluding hydrogens is 429 g/mol. The molecule has 0 aliphatic rings. The van der Waals surface area contributed by atoms with Gasteiger partial charge in [-0.15, -0.1) is 0 Å². The molecule has 5 nitrogen and oxygen atoms in total. The third-order valence-corrected chi connectivity index (χ3v) is 5.63. The number of aryl methyl sites for hydroxylation is 1. The summed E-state index contributed by atoms with van der Waals surface area (Å²) in [5.74, 6) is -0.593. The lowest BCUT2D eigenvalue weighted by Gasteiger charge is -2.26. The maximum absolute atomic E-state index is 13.0. The van der Waals surface area contributed by atoms with Crippen molar-refractivity contribution < 1.29 is 26.4 Å². The normalized spacial score (nSPS) is 12.0. The van der Waals surface area contributed by atoms with E-state index in [1.54, 1.807) is 0 Å². The first-order valence-corrected chi connectivity index (χ1v) is 10.7. The van der Waals surface area contributed by atoms with Gasteiger partial charge in [-0.05, 0) is 30.7 Å². The molecular formula is C19H20ClF3N2O3S. The Morgan fingerprint density at radius 1 is 1.10 bits per heavy atom. The van der Waals surface area contributed by atoms with Crippen LogP contribution in [0.25, 0.3) is 0 Å². The summed E-state index contributed by atoms with van der Waals surface area (Å²) >= 11 is 5.96. The van der Waals surface area contributed by atoms with Gasteiger partial charge >= 0.3 is 6.18 Å². The molecule has 0 saturated heterocycles. The van der Waals surface area contributed by atoms with Crippen LogP contribution in [0.15, 0.2) is 42.5 Å². The second-order valence-corrected chi connectivity index (χ2v) is 8.98. The molecule has 0 radical (unpaired) electrons. The van der Waals surface area contributed by atoms with E-state index in [-0.39, 0.29) is 11.6 Å². The van der Waals surface area contributed by atoms with Crippen LogP contribution in [0.1, 0.15) is 16.7 Å². The maximum Gasteiger partial charge on any atom is 0.416 e. The van der Waals surface area contributed by atoms with Gasteiger partial charge in [-0.2, -0.15) is 13.2 Å². The van der Waals surface area contributed by atoms with Crippen LogP contribution in [0, 0.1) is 6.92 Å². The van der Waals surface area contributed by atoms with Gasteiger partial charge in [-0.1, -0.05) is 41.4 Å². The Morgan fingerprint density at radius 3 is 2.21 bits per heavy atom. The average molecular weight is 449 g/mol. The van der Waals surface area contributed by atoms with Crippen LogP contribution in [0.2, 0.25) is 5.02 Å². The number of hydrogen-bond acceptors (Lipinski definition) is 3. The number of alkyl halides is 3. The first-order valence-electron chi connectivity index (χ1n) is 8.43. The summed E-state index contributed by atoms with van der Waals surface area (Å²) in [5.41, 5.74) is 0.409. The van der Waals surface area contributed by atoms with Crippen molar-refractivity contribution in [2.75, 3.05) is 24.2 Å². The van der Waals surface area contributed by atoms with E-state index < -0.39 is 39.9 Å². The van der Waals surface area contributed by atoms with E-state index >= 15 is 0 Å². The predicted octanol–water partition coefficient (Wildman–Crippen LogP) is 4.09. The van der Waals surface area contributed by atoms with E-state index in [9.17, 15) is 26.4 Å². The number of carbonyl (C=O) groups excluding carboxylic acids is 1. The van der Waals surface area contributed by atoms with Crippen molar-refractivity contribution in [3.05, 3.63) is 64.2 Å². The van der Waals surface area contributed by atoms with Gasteiger partial charge < -0.3 is 4.90 Å². The van der Waals surface area contributed by atoms with Gasteiger partial charge in [0, 0.05) is 13.6 Å². The van der Waals surface area contributed by atoms with Crippen LogP contribution in [-0.2, 0) is 27.5 Å². The topological polar surface area (TPSA) is 57.7 Å². The number of likely N-dealkylation sites (N-methyl/N-ethyl adjacent to an activating group) is 1. The van der Waals surface area contributed by atoms with Crippen molar-refractivity contribution in [3.63, 3.8) is 0 Å². The molecule has 0 saturated carbocycles. The number of hydrogen-bond donors (Lipinski definition) is 0. The third-order valence-electron chi connectivity index (χ3n) is 4.19. The Hall–Kier alpha value is -2.26. The summed E-state index contributed by atoms with van der Waals surface area (Å²) in [6.45, 7) is 1.46. The van der Waals surface area contributed by atoms with Crippen molar-refractivity contribution in [3.8, 4) is 0 Å². The Labute approximate surface area is 172 Å². The quantitative estimate of drug-likeness (QED) is 0.668.